The zero-order chi connectivity index (χ0) is 57.2. The smallest absolute Gasteiger partial charge is 0.339 e. The molecule has 0 aromatic heterocycles. The number of nitrogens with one attached hydrogen (secondary N) is 3. The highest BCUT2D eigenvalue weighted by atomic mass is 16.7. The van der Waals surface area contributed by atoms with Crippen molar-refractivity contribution < 1.29 is 77.7 Å². The van der Waals surface area contributed by atoms with Crippen LogP contribution in [-0.4, -0.2) is 123 Å². The van der Waals surface area contributed by atoms with E-state index in [1.165, 1.54) is 77.6 Å². The maximum absolute atomic E-state index is 13.9. The lowest BCUT2D eigenvalue weighted by atomic mass is 9.74. The van der Waals surface area contributed by atoms with Crippen molar-refractivity contribution in [3.63, 3.8) is 0 Å². The van der Waals surface area contributed by atoms with E-state index in [0.717, 1.165) is 103 Å². The number of carbonyl (C=O) groups is 8. The van der Waals surface area contributed by atoms with E-state index in [0.29, 0.717) is 25.7 Å². The van der Waals surface area contributed by atoms with E-state index in [-0.39, 0.29) is 25.7 Å². The minimum absolute atomic E-state index is 0.0549. The monoisotopic (exact) mass is 1100 g/mol. The lowest BCUT2D eigenvalue weighted by Gasteiger charge is -2.55. The lowest BCUT2D eigenvalue weighted by molar-refractivity contribution is -0.357. The fourth-order valence-electron chi connectivity index (χ4n) is 9.95. The Bertz CT molecular complexity index is 1680. The number of hydrogen-bond acceptors (Lipinski definition) is 13. The van der Waals surface area contributed by atoms with Crippen molar-refractivity contribution >= 4 is 47.6 Å². The third kappa shape index (κ3) is 30.0. The predicted molar refractivity (Wildman–Crippen MR) is 293 cm³/mol. The zero-order valence-electron chi connectivity index (χ0n) is 47.8. The number of carboxylic acid groups (broad SMARTS) is 3. The van der Waals surface area contributed by atoms with Gasteiger partial charge < -0.3 is 55.3 Å². The van der Waals surface area contributed by atoms with E-state index >= 15 is 0 Å². The molecule has 1 saturated heterocycles. The molecule has 0 aromatic carbocycles. The van der Waals surface area contributed by atoms with Gasteiger partial charge in [-0.15, -0.1) is 0 Å². The van der Waals surface area contributed by atoms with Crippen LogP contribution in [-0.2, 0) is 57.3 Å². The minimum atomic E-state index is -3.15. The second kappa shape index (κ2) is 43.5. The summed E-state index contributed by atoms with van der Waals surface area (Å²) < 4.78 is 23.2. The molecule has 0 aromatic rings. The number of amides is 3. The first-order valence-electron chi connectivity index (χ1n) is 29.9. The highest BCUT2D eigenvalue weighted by Gasteiger charge is 2.73. The van der Waals surface area contributed by atoms with Gasteiger partial charge in [0, 0.05) is 32.3 Å². The number of ether oxygens (including phenoxy) is 4. The van der Waals surface area contributed by atoms with Crippen molar-refractivity contribution in [2.24, 2.45) is 0 Å². The summed E-state index contributed by atoms with van der Waals surface area (Å²) in [4.78, 5) is 106. The molecular weight excluding hydrogens is 995 g/mol. The SMILES string of the molecule is CCCCCCCCCCCCCC(=O)N[C@H](CCC(=O)O)C(=O)OC[C@H]1O[C@](CC(=O)O)(OCC)C(NC(=O)CCCCCCCCCCCCC)(C(=O)O)[C@@H](OC(=O)CNC(=O)CCCCCCCCCCC)[C@@H]1O. The van der Waals surface area contributed by atoms with Gasteiger partial charge in [0.25, 0.3) is 0 Å². The molecule has 1 unspecified atom stereocenters. The molecule has 1 fully saturated rings. The van der Waals surface area contributed by atoms with Gasteiger partial charge in [0.15, 0.2) is 6.10 Å². The first-order chi connectivity index (χ1) is 37.0. The van der Waals surface area contributed by atoms with Gasteiger partial charge in [0.1, 0.15) is 37.8 Å². The molecule has 0 spiro atoms. The number of aliphatic carboxylic acids is 3. The Labute approximate surface area is 460 Å². The minimum Gasteiger partial charge on any atom is -0.481 e. The van der Waals surface area contributed by atoms with Crippen LogP contribution in [0, 0.1) is 0 Å². The average molecular weight is 1100 g/mol. The summed E-state index contributed by atoms with van der Waals surface area (Å²) in [5.74, 6) is -12.2. The number of unbranched alkanes of at least 4 members (excludes halogenated alkanes) is 28. The van der Waals surface area contributed by atoms with Gasteiger partial charge in [0.05, 0.1) is 0 Å². The molecule has 19 nitrogen and oxygen atoms in total. The molecule has 1 aliphatic heterocycles. The Morgan fingerprint density at radius 1 is 0.532 bits per heavy atom. The highest BCUT2D eigenvalue weighted by Crippen LogP contribution is 2.44. The Hall–Kier alpha value is -4.36. The summed E-state index contributed by atoms with van der Waals surface area (Å²) in [5, 5.41) is 50.4. The van der Waals surface area contributed by atoms with E-state index in [1.54, 1.807) is 0 Å². The quantitative estimate of drug-likeness (QED) is 0.0220. The summed E-state index contributed by atoms with van der Waals surface area (Å²) in [7, 11) is 0. The zero-order valence-corrected chi connectivity index (χ0v) is 47.8. The molecule has 0 saturated carbocycles. The van der Waals surface area contributed by atoms with Crippen LogP contribution in [0.25, 0.3) is 0 Å². The molecule has 1 aliphatic rings. The van der Waals surface area contributed by atoms with Crippen molar-refractivity contribution in [1.82, 2.24) is 16.0 Å². The fraction of sp³-hybridized carbons (Fsp3) is 0.862. The topological polar surface area (TPSA) is 290 Å². The van der Waals surface area contributed by atoms with E-state index in [2.05, 4.69) is 36.7 Å². The summed E-state index contributed by atoms with van der Waals surface area (Å²) in [6, 6.07) is -1.48. The molecule has 1 heterocycles. The van der Waals surface area contributed by atoms with Crippen LogP contribution in [0.1, 0.15) is 265 Å². The maximum Gasteiger partial charge on any atom is 0.339 e. The molecule has 7 N–H and O–H groups in total. The van der Waals surface area contributed by atoms with E-state index in [1.807, 2.05) is 0 Å². The van der Waals surface area contributed by atoms with Crippen LogP contribution in [0.2, 0.25) is 0 Å². The van der Waals surface area contributed by atoms with E-state index in [4.69, 9.17) is 18.9 Å². The van der Waals surface area contributed by atoms with Gasteiger partial charge in [-0.3, -0.25) is 28.8 Å². The normalized spacial score (nSPS) is 19.5. The second-order valence-corrected chi connectivity index (χ2v) is 21.1. The lowest BCUT2D eigenvalue weighted by Crippen LogP contribution is -2.83. The van der Waals surface area contributed by atoms with Gasteiger partial charge in [-0.25, -0.2) is 9.59 Å². The Morgan fingerprint density at radius 3 is 1.35 bits per heavy atom. The standard InChI is InChI=1S/C58H103N3O16/c1-5-9-12-15-18-21-23-26-29-32-35-38-48(63)60-45(40-41-50(65)66)55(71)74-44-46-53(70)54(76-52(69)43-59-47(62)37-34-31-28-25-20-17-14-11-7-3)58(56(72)73,57(77-46,75-8-4)42-51(67)68)61-49(64)39-36-33-30-27-24-22-19-16-13-10-6-2/h45-46,53-54,70H,5-44H2,1-4H3,(H,59,62)(H,60,63)(H,61,64)(H,65,66)(H,67,68)(H,72,73)/t45-,46-,53-,54+,57+,58?/m1/s1. The predicted octanol–water partition coefficient (Wildman–Crippen LogP) is 10.1. The summed E-state index contributed by atoms with van der Waals surface area (Å²) >= 11 is 0. The summed E-state index contributed by atoms with van der Waals surface area (Å²) in [6.07, 6.45) is 22.6. The van der Waals surface area contributed by atoms with E-state index < -0.39 is 116 Å². The molecule has 0 aliphatic carbocycles. The van der Waals surface area contributed by atoms with Crippen LogP contribution in [0.4, 0.5) is 0 Å². The third-order valence-electron chi connectivity index (χ3n) is 14.4. The van der Waals surface area contributed by atoms with Gasteiger partial charge in [0.2, 0.25) is 29.0 Å². The molecule has 6 atom stereocenters. The van der Waals surface area contributed by atoms with Gasteiger partial charge in [-0.1, -0.05) is 201 Å². The van der Waals surface area contributed by atoms with Gasteiger partial charge in [-0.05, 0) is 32.6 Å². The van der Waals surface area contributed by atoms with Crippen LogP contribution in [0.3, 0.4) is 0 Å². The Kier molecular flexibility index (Phi) is 39.9. The Balaban J connectivity index is 3.37. The third-order valence-corrected chi connectivity index (χ3v) is 14.4. The molecule has 77 heavy (non-hydrogen) atoms. The number of carboxylic acids is 3. The Morgan fingerprint density at radius 2 is 0.948 bits per heavy atom. The largest absolute Gasteiger partial charge is 0.481 e. The fourth-order valence-corrected chi connectivity index (χ4v) is 9.95. The average Bonchev–Trinajstić information content (AvgIpc) is 3.38. The van der Waals surface area contributed by atoms with E-state index in [9.17, 15) is 58.8 Å². The van der Waals surface area contributed by atoms with Gasteiger partial charge in [-0.2, -0.15) is 0 Å². The first-order valence-corrected chi connectivity index (χ1v) is 29.9. The van der Waals surface area contributed by atoms with Crippen molar-refractivity contribution in [2.45, 2.75) is 301 Å². The number of rotatable bonds is 50. The van der Waals surface area contributed by atoms with Crippen molar-refractivity contribution in [2.75, 3.05) is 19.8 Å². The number of carbonyl (C=O) groups excluding carboxylic acids is 5. The molecule has 0 radical (unpaired) electrons. The van der Waals surface area contributed by atoms with Crippen molar-refractivity contribution in [3.8, 4) is 0 Å². The summed E-state index contributed by atoms with van der Waals surface area (Å²) in [6.45, 7) is 5.70. The van der Waals surface area contributed by atoms with Crippen molar-refractivity contribution in [3.05, 3.63) is 0 Å². The number of esters is 2. The molecule has 446 valence electrons. The molecule has 19 heteroatoms. The van der Waals surface area contributed by atoms with Crippen LogP contribution < -0.4 is 16.0 Å². The highest BCUT2D eigenvalue weighted by molar-refractivity contribution is 5.91. The number of aliphatic hydroxyl groups excluding tert-OH is 1. The molecule has 1 rings (SSSR count). The molecular formula is C58H103N3O16. The first kappa shape index (κ1) is 70.7. The van der Waals surface area contributed by atoms with Crippen LogP contribution >= 0.6 is 0 Å². The molecule has 3 amide bonds. The molecule has 0 bridgehead atoms. The van der Waals surface area contributed by atoms with Crippen molar-refractivity contribution in [1.29, 1.82) is 0 Å². The van der Waals surface area contributed by atoms with Gasteiger partial charge >= 0.3 is 29.8 Å². The number of hydrogen-bond donors (Lipinski definition) is 7. The van der Waals surface area contributed by atoms with Crippen LogP contribution in [0.5, 0.6) is 0 Å². The van der Waals surface area contributed by atoms with Crippen LogP contribution in [0.15, 0.2) is 0 Å². The second-order valence-electron chi connectivity index (χ2n) is 21.1. The summed E-state index contributed by atoms with van der Waals surface area (Å²) in [5.41, 5.74) is -3.15. The maximum atomic E-state index is 13.9. The number of aliphatic hydroxyl groups is 1.